The van der Waals surface area contributed by atoms with Gasteiger partial charge in [0.2, 0.25) is 0 Å². The van der Waals surface area contributed by atoms with Crippen LogP contribution in [0.2, 0.25) is 0 Å². The van der Waals surface area contributed by atoms with Gasteiger partial charge in [-0.2, -0.15) is 5.26 Å². The minimum Gasteiger partial charge on any atom is -0.335 e. The van der Waals surface area contributed by atoms with E-state index in [9.17, 15) is 4.79 Å². The van der Waals surface area contributed by atoms with Crippen LogP contribution in [-0.2, 0) is 6.54 Å². The van der Waals surface area contributed by atoms with Gasteiger partial charge in [0.15, 0.2) is 0 Å². The minimum absolute atomic E-state index is 0.0557. The topological polar surface area (TPSA) is 73.1 Å². The molecular formula is C22H21N5OS. The molecule has 0 aliphatic carbocycles. The van der Waals surface area contributed by atoms with Crippen molar-refractivity contribution < 1.29 is 4.79 Å². The fourth-order valence-electron chi connectivity index (χ4n) is 3.39. The van der Waals surface area contributed by atoms with Crippen LogP contribution >= 0.6 is 11.3 Å². The highest BCUT2D eigenvalue weighted by molar-refractivity contribution is 7.17. The van der Waals surface area contributed by atoms with Crippen LogP contribution in [0.25, 0.3) is 10.7 Å². The molecule has 4 rings (SSSR count). The summed E-state index contributed by atoms with van der Waals surface area (Å²) < 4.78 is 0. The lowest BCUT2D eigenvalue weighted by Crippen LogP contribution is -2.48. The molecule has 3 heterocycles. The number of thiazole rings is 1. The van der Waals surface area contributed by atoms with Crippen LogP contribution in [0.15, 0.2) is 48.7 Å². The van der Waals surface area contributed by atoms with Gasteiger partial charge in [-0.05, 0) is 36.8 Å². The number of pyridine rings is 1. The Morgan fingerprint density at radius 1 is 1.14 bits per heavy atom. The number of piperazine rings is 1. The summed E-state index contributed by atoms with van der Waals surface area (Å²) in [5.74, 6) is 0.0557. The van der Waals surface area contributed by atoms with Gasteiger partial charge < -0.3 is 4.90 Å². The highest BCUT2D eigenvalue weighted by Crippen LogP contribution is 2.27. The molecule has 29 heavy (non-hydrogen) atoms. The molecule has 0 spiro atoms. The van der Waals surface area contributed by atoms with Crippen molar-refractivity contribution in [3.63, 3.8) is 0 Å². The molecule has 0 unspecified atom stereocenters. The SMILES string of the molecule is Cc1nc(-c2ccccn2)sc1C(=O)N1CCN(Cc2ccc(C#N)cc2)CC1. The Balaban J connectivity index is 1.38. The van der Waals surface area contributed by atoms with Crippen LogP contribution in [0.4, 0.5) is 0 Å². The fourth-order valence-corrected chi connectivity index (χ4v) is 4.40. The minimum atomic E-state index is 0.0557. The van der Waals surface area contributed by atoms with Gasteiger partial charge in [0.1, 0.15) is 9.88 Å². The van der Waals surface area contributed by atoms with Gasteiger partial charge in [0.05, 0.1) is 23.0 Å². The standard InChI is InChI=1S/C22H21N5OS/c1-16-20(29-21(25-16)19-4-2-3-9-24-19)22(28)27-12-10-26(11-13-27)15-18-7-5-17(14-23)6-8-18/h2-9H,10-13,15H2,1H3. The van der Waals surface area contributed by atoms with Gasteiger partial charge in [0.25, 0.3) is 5.91 Å². The highest BCUT2D eigenvalue weighted by Gasteiger charge is 2.25. The number of nitrogens with zero attached hydrogens (tertiary/aromatic N) is 5. The average Bonchev–Trinajstić information content (AvgIpc) is 3.16. The first-order chi connectivity index (χ1) is 14.1. The number of hydrogen-bond acceptors (Lipinski definition) is 6. The van der Waals surface area contributed by atoms with E-state index >= 15 is 0 Å². The number of rotatable bonds is 4. The summed E-state index contributed by atoms with van der Waals surface area (Å²) in [7, 11) is 0. The lowest BCUT2D eigenvalue weighted by atomic mass is 10.1. The molecule has 146 valence electrons. The van der Waals surface area contributed by atoms with E-state index in [1.807, 2.05) is 54.3 Å². The number of carbonyl (C=O) groups excluding carboxylic acids is 1. The lowest BCUT2D eigenvalue weighted by Gasteiger charge is -2.34. The molecule has 1 amide bonds. The second-order valence-electron chi connectivity index (χ2n) is 7.03. The molecule has 3 aromatic rings. The third-order valence-corrected chi connectivity index (χ3v) is 6.19. The van der Waals surface area contributed by atoms with E-state index in [1.165, 1.54) is 16.9 Å². The van der Waals surface area contributed by atoms with Crippen molar-refractivity contribution in [3.8, 4) is 16.8 Å². The van der Waals surface area contributed by atoms with Gasteiger partial charge in [-0.15, -0.1) is 11.3 Å². The van der Waals surface area contributed by atoms with Gasteiger partial charge in [-0.1, -0.05) is 18.2 Å². The number of hydrogen-bond donors (Lipinski definition) is 0. The van der Waals surface area contributed by atoms with Crippen LogP contribution < -0.4 is 0 Å². The highest BCUT2D eigenvalue weighted by atomic mass is 32.1. The Morgan fingerprint density at radius 3 is 2.55 bits per heavy atom. The number of benzene rings is 1. The zero-order valence-electron chi connectivity index (χ0n) is 16.2. The molecule has 1 fully saturated rings. The maximum Gasteiger partial charge on any atom is 0.265 e. The van der Waals surface area contributed by atoms with Crippen molar-refractivity contribution in [1.82, 2.24) is 19.8 Å². The zero-order chi connectivity index (χ0) is 20.2. The van der Waals surface area contributed by atoms with Crippen molar-refractivity contribution >= 4 is 17.2 Å². The normalized spacial score (nSPS) is 14.6. The lowest BCUT2D eigenvalue weighted by molar-refractivity contribution is 0.0632. The molecule has 6 nitrogen and oxygen atoms in total. The van der Waals surface area contributed by atoms with Gasteiger partial charge >= 0.3 is 0 Å². The molecule has 0 atom stereocenters. The maximum absolute atomic E-state index is 13.0. The van der Waals surface area contributed by atoms with E-state index in [0.29, 0.717) is 23.5 Å². The zero-order valence-corrected chi connectivity index (χ0v) is 17.0. The molecular weight excluding hydrogens is 382 g/mol. The molecule has 0 N–H and O–H groups in total. The number of carbonyl (C=O) groups is 1. The number of nitriles is 1. The Labute approximate surface area is 174 Å². The summed E-state index contributed by atoms with van der Waals surface area (Å²) in [6, 6.07) is 15.5. The predicted molar refractivity (Wildman–Crippen MR) is 112 cm³/mol. The van der Waals surface area contributed by atoms with E-state index in [1.54, 1.807) is 6.20 Å². The molecule has 1 aliphatic heterocycles. The molecule has 1 aromatic carbocycles. The number of amides is 1. The number of aromatic nitrogens is 2. The molecule has 2 aromatic heterocycles. The summed E-state index contributed by atoms with van der Waals surface area (Å²) in [5.41, 5.74) is 3.42. The van der Waals surface area contributed by atoms with Crippen LogP contribution in [0, 0.1) is 18.3 Å². The van der Waals surface area contributed by atoms with E-state index in [4.69, 9.17) is 5.26 Å². The summed E-state index contributed by atoms with van der Waals surface area (Å²) in [6.45, 7) is 5.78. The maximum atomic E-state index is 13.0. The molecule has 0 radical (unpaired) electrons. The summed E-state index contributed by atoms with van der Waals surface area (Å²) in [6.07, 6.45) is 1.74. The molecule has 0 bridgehead atoms. The Morgan fingerprint density at radius 2 is 1.90 bits per heavy atom. The van der Waals surface area contributed by atoms with Crippen LogP contribution in [0.1, 0.15) is 26.5 Å². The van der Waals surface area contributed by atoms with Crippen molar-refractivity contribution in [1.29, 1.82) is 5.26 Å². The summed E-state index contributed by atoms with van der Waals surface area (Å²) >= 11 is 1.42. The predicted octanol–water partition coefficient (Wildman–Crippen LogP) is 3.34. The van der Waals surface area contributed by atoms with Crippen LogP contribution in [0.5, 0.6) is 0 Å². The average molecular weight is 404 g/mol. The van der Waals surface area contributed by atoms with Crippen molar-refractivity contribution in [3.05, 3.63) is 70.4 Å². The second-order valence-corrected chi connectivity index (χ2v) is 8.02. The molecule has 0 saturated carbocycles. The van der Waals surface area contributed by atoms with Crippen LogP contribution in [-0.4, -0.2) is 51.9 Å². The summed E-state index contributed by atoms with van der Waals surface area (Å²) in [5, 5.41) is 9.69. The van der Waals surface area contributed by atoms with E-state index < -0.39 is 0 Å². The first-order valence-electron chi connectivity index (χ1n) is 9.53. The molecule has 7 heteroatoms. The Hall–Kier alpha value is -3.08. The van der Waals surface area contributed by atoms with Crippen molar-refractivity contribution in [2.45, 2.75) is 13.5 Å². The van der Waals surface area contributed by atoms with E-state index in [-0.39, 0.29) is 5.91 Å². The van der Waals surface area contributed by atoms with Gasteiger partial charge in [-0.25, -0.2) is 4.98 Å². The smallest absolute Gasteiger partial charge is 0.265 e. The Bertz CT molecular complexity index is 1030. The quantitative estimate of drug-likeness (QED) is 0.668. The first-order valence-corrected chi connectivity index (χ1v) is 10.3. The van der Waals surface area contributed by atoms with E-state index in [0.717, 1.165) is 36.0 Å². The van der Waals surface area contributed by atoms with Crippen molar-refractivity contribution in [2.75, 3.05) is 26.2 Å². The first kappa shape index (κ1) is 19.2. The third kappa shape index (κ3) is 4.34. The molecule has 1 saturated heterocycles. The monoisotopic (exact) mass is 403 g/mol. The largest absolute Gasteiger partial charge is 0.335 e. The molecule has 1 aliphatic rings. The van der Waals surface area contributed by atoms with E-state index in [2.05, 4.69) is 20.9 Å². The summed E-state index contributed by atoms with van der Waals surface area (Å²) in [4.78, 5) is 26.9. The third-order valence-electron chi connectivity index (χ3n) is 5.02. The van der Waals surface area contributed by atoms with Crippen LogP contribution in [0.3, 0.4) is 0 Å². The second kappa shape index (κ2) is 8.52. The van der Waals surface area contributed by atoms with Crippen molar-refractivity contribution in [2.24, 2.45) is 0 Å². The van der Waals surface area contributed by atoms with Gasteiger partial charge in [-0.3, -0.25) is 14.7 Å². The Kier molecular flexibility index (Phi) is 5.65. The number of aryl methyl sites for hydroxylation is 1. The fraction of sp³-hybridized carbons (Fsp3) is 0.273. The van der Waals surface area contributed by atoms with Gasteiger partial charge in [0, 0.05) is 38.9 Å².